The Hall–Kier alpha value is -2.68. The summed E-state index contributed by atoms with van der Waals surface area (Å²) in [6.07, 6.45) is 12.5. The summed E-state index contributed by atoms with van der Waals surface area (Å²) in [5, 5.41) is 0. The normalized spacial score (nSPS) is 14.5. The minimum absolute atomic E-state index is 0.000958. The lowest BCUT2D eigenvalue weighted by Crippen LogP contribution is -2.34. The molecule has 1 unspecified atom stereocenters. The van der Waals surface area contributed by atoms with E-state index in [2.05, 4.69) is 13.5 Å². The molecule has 1 atom stereocenters. The maximum Gasteiger partial charge on any atom is 0.228 e. The molecule has 1 fully saturated rings. The fourth-order valence-electron chi connectivity index (χ4n) is 4.60. The monoisotopic (exact) mass is 447 g/mol. The third-order valence-electron chi connectivity index (χ3n) is 6.48. The van der Waals surface area contributed by atoms with Gasteiger partial charge in [0.05, 0.1) is 5.92 Å². The van der Waals surface area contributed by atoms with Crippen LogP contribution >= 0.6 is 0 Å². The Balaban J connectivity index is 0.000000321. The van der Waals surface area contributed by atoms with E-state index in [0.29, 0.717) is 12.1 Å². The van der Waals surface area contributed by atoms with E-state index in [-0.39, 0.29) is 11.7 Å². The molecule has 0 spiro atoms. The number of hydrogen-bond donors (Lipinski definition) is 0. The van der Waals surface area contributed by atoms with Gasteiger partial charge in [-0.3, -0.25) is 14.5 Å². The van der Waals surface area contributed by atoms with Gasteiger partial charge < -0.3 is 0 Å². The smallest absolute Gasteiger partial charge is 0.228 e. The number of ketones is 1. The van der Waals surface area contributed by atoms with Crippen LogP contribution in [0.15, 0.2) is 72.9 Å². The molecular formula is C30H41NO2. The highest BCUT2D eigenvalue weighted by molar-refractivity contribution is 5.96. The third kappa shape index (κ3) is 9.00. The van der Waals surface area contributed by atoms with Gasteiger partial charge >= 0.3 is 0 Å². The van der Waals surface area contributed by atoms with Gasteiger partial charge in [-0.25, -0.2) is 0 Å². The molecule has 1 aliphatic carbocycles. The van der Waals surface area contributed by atoms with Crippen LogP contribution in [0.1, 0.15) is 77.7 Å². The van der Waals surface area contributed by atoms with E-state index < -0.39 is 5.92 Å². The number of amides is 1. The van der Waals surface area contributed by atoms with Crippen LogP contribution in [0.3, 0.4) is 0 Å². The number of carbonyl (C=O) groups excluding carboxylic acids is 2. The maximum absolute atomic E-state index is 12.1. The van der Waals surface area contributed by atoms with E-state index in [4.69, 9.17) is 0 Å². The number of Topliss-reactive ketones (excluding diaryl/α,β-unsaturated/α-hetero) is 1. The molecule has 1 aliphatic rings. The first kappa shape index (κ1) is 26.6. The molecule has 0 bridgehead atoms. The van der Waals surface area contributed by atoms with Crippen molar-refractivity contribution in [1.29, 1.82) is 0 Å². The SMILES string of the molecule is C=C(C(Cc1ccccc1)C(C)=O)N(C(C)=O)c1ccccc1.CCCCC1CCCCC1. The molecule has 1 amide bonds. The van der Waals surface area contributed by atoms with Crippen molar-refractivity contribution < 1.29 is 9.59 Å². The second-order valence-corrected chi connectivity index (χ2v) is 9.18. The van der Waals surface area contributed by atoms with Crippen molar-refractivity contribution in [2.75, 3.05) is 4.90 Å². The molecule has 2 aromatic rings. The highest BCUT2D eigenvalue weighted by Crippen LogP contribution is 2.28. The average Bonchev–Trinajstić information content (AvgIpc) is 2.83. The molecule has 33 heavy (non-hydrogen) atoms. The minimum Gasteiger partial charge on any atom is -0.299 e. The Morgan fingerprint density at radius 1 is 0.939 bits per heavy atom. The summed E-state index contributed by atoms with van der Waals surface area (Å²) < 4.78 is 0. The first-order chi connectivity index (χ1) is 15.9. The largest absolute Gasteiger partial charge is 0.299 e. The zero-order valence-electron chi connectivity index (χ0n) is 20.8. The molecule has 0 N–H and O–H groups in total. The summed E-state index contributed by atoms with van der Waals surface area (Å²) in [5.74, 6) is 0.525. The Labute approximate surface area is 200 Å². The van der Waals surface area contributed by atoms with Crippen LogP contribution < -0.4 is 4.90 Å². The number of benzene rings is 2. The summed E-state index contributed by atoms with van der Waals surface area (Å²) in [6.45, 7) is 9.38. The Morgan fingerprint density at radius 2 is 1.52 bits per heavy atom. The van der Waals surface area contributed by atoms with E-state index in [1.54, 1.807) is 6.92 Å². The van der Waals surface area contributed by atoms with Crippen LogP contribution in [0, 0.1) is 11.8 Å². The first-order valence-electron chi connectivity index (χ1n) is 12.5. The molecule has 1 saturated carbocycles. The van der Waals surface area contributed by atoms with Gasteiger partial charge in [-0.15, -0.1) is 0 Å². The van der Waals surface area contributed by atoms with Gasteiger partial charge in [-0.05, 0) is 37.0 Å². The fraction of sp³-hybridized carbons (Fsp3) is 0.467. The molecule has 3 rings (SSSR count). The van der Waals surface area contributed by atoms with Crippen LogP contribution in [-0.2, 0) is 16.0 Å². The maximum atomic E-state index is 12.1. The van der Waals surface area contributed by atoms with Gasteiger partial charge in [0, 0.05) is 18.3 Å². The van der Waals surface area contributed by atoms with Crippen LogP contribution in [0.5, 0.6) is 0 Å². The molecule has 2 aromatic carbocycles. The van der Waals surface area contributed by atoms with E-state index in [0.717, 1.165) is 17.2 Å². The standard InChI is InChI=1S/C20H21NO2.C10H20/c1-15(21(17(3)23)19-12-8-5-9-13-19)20(16(2)22)14-18-10-6-4-7-11-18;1-2-3-7-10-8-5-4-6-9-10/h4-13,20H,1,14H2,2-3H3;10H,2-9H2,1H3. The molecular weight excluding hydrogens is 406 g/mol. The zero-order valence-corrected chi connectivity index (χ0v) is 20.8. The molecule has 0 saturated heterocycles. The summed E-state index contributed by atoms with van der Waals surface area (Å²) in [5.41, 5.74) is 2.29. The highest BCUT2D eigenvalue weighted by atomic mass is 16.2. The van der Waals surface area contributed by atoms with E-state index in [1.165, 1.54) is 63.2 Å². The number of unbranched alkanes of at least 4 members (excludes halogenated alkanes) is 1. The summed E-state index contributed by atoms with van der Waals surface area (Å²) in [7, 11) is 0. The molecule has 0 radical (unpaired) electrons. The second-order valence-electron chi connectivity index (χ2n) is 9.18. The quantitative estimate of drug-likeness (QED) is 0.394. The first-order valence-corrected chi connectivity index (χ1v) is 12.5. The van der Waals surface area contributed by atoms with Gasteiger partial charge in [0.15, 0.2) is 0 Å². The van der Waals surface area contributed by atoms with E-state index >= 15 is 0 Å². The summed E-state index contributed by atoms with van der Waals surface area (Å²) in [6, 6.07) is 19.1. The molecule has 3 nitrogen and oxygen atoms in total. The van der Waals surface area contributed by atoms with Crippen LogP contribution in [-0.4, -0.2) is 11.7 Å². The summed E-state index contributed by atoms with van der Waals surface area (Å²) in [4.78, 5) is 25.8. The van der Waals surface area contributed by atoms with Crippen molar-refractivity contribution in [2.24, 2.45) is 11.8 Å². The molecule has 3 heteroatoms. The lowest BCUT2D eigenvalue weighted by molar-refractivity contribution is -0.119. The average molecular weight is 448 g/mol. The second kappa shape index (κ2) is 14.5. The lowest BCUT2D eigenvalue weighted by Gasteiger charge is -2.28. The number of allylic oxidation sites excluding steroid dienone is 1. The summed E-state index contributed by atoms with van der Waals surface area (Å²) >= 11 is 0. The van der Waals surface area contributed by atoms with Crippen molar-refractivity contribution in [3.63, 3.8) is 0 Å². The zero-order chi connectivity index (χ0) is 24.1. The Kier molecular flexibility index (Phi) is 11.6. The van der Waals surface area contributed by atoms with Gasteiger partial charge in [0.25, 0.3) is 0 Å². The third-order valence-corrected chi connectivity index (χ3v) is 6.48. The Bertz CT molecular complexity index is 853. The number of carbonyl (C=O) groups is 2. The van der Waals surface area contributed by atoms with Crippen molar-refractivity contribution in [2.45, 2.75) is 78.6 Å². The van der Waals surface area contributed by atoms with Crippen molar-refractivity contribution in [3.8, 4) is 0 Å². The van der Waals surface area contributed by atoms with Gasteiger partial charge in [0.2, 0.25) is 5.91 Å². The Morgan fingerprint density at radius 3 is 2.03 bits per heavy atom. The number of para-hydroxylation sites is 1. The molecule has 0 aromatic heterocycles. The van der Waals surface area contributed by atoms with Crippen LogP contribution in [0.4, 0.5) is 5.69 Å². The van der Waals surface area contributed by atoms with E-state index in [9.17, 15) is 9.59 Å². The number of nitrogens with zero attached hydrogens (tertiary/aromatic N) is 1. The lowest BCUT2D eigenvalue weighted by atomic mass is 9.86. The van der Waals surface area contributed by atoms with Crippen LogP contribution in [0.2, 0.25) is 0 Å². The minimum atomic E-state index is -0.429. The number of rotatable bonds is 9. The number of anilines is 1. The highest BCUT2D eigenvalue weighted by Gasteiger charge is 2.26. The van der Waals surface area contributed by atoms with Crippen LogP contribution in [0.25, 0.3) is 0 Å². The fourth-order valence-corrected chi connectivity index (χ4v) is 4.60. The van der Waals surface area contributed by atoms with Crippen molar-refractivity contribution in [1.82, 2.24) is 0 Å². The van der Waals surface area contributed by atoms with Gasteiger partial charge in [-0.2, -0.15) is 0 Å². The topological polar surface area (TPSA) is 37.4 Å². The predicted molar refractivity (Wildman–Crippen MR) is 139 cm³/mol. The van der Waals surface area contributed by atoms with Gasteiger partial charge in [0.1, 0.15) is 5.78 Å². The van der Waals surface area contributed by atoms with Crippen molar-refractivity contribution in [3.05, 3.63) is 78.5 Å². The molecule has 178 valence electrons. The molecule has 0 heterocycles. The van der Waals surface area contributed by atoms with E-state index in [1.807, 2.05) is 60.7 Å². The van der Waals surface area contributed by atoms with Crippen molar-refractivity contribution >= 4 is 17.4 Å². The molecule has 0 aliphatic heterocycles. The number of hydrogen-bond acceptors (Lipinski definition) is 2. The predicted octanol–water partition coefficient (Wildman–Crippen LogP) is 7.76. The van der Waals surface area contributed by atoms with Gasteiger partial charge in [-0.1, -0.05) is 113 Å².